The minimum Gasteiger partial charge on any atom is -0.455 e. The molecule has 0 fully saturated rings. The highest BCUT2D eigenvalue weighted by molar-refractivity contribution is 7.13. The predicted molar refractivity (Wildman–Crippen MR) is 97.2 cm³/mol. The van der Waals surface area contributed by atoms with Crippen molar-refractivity contribution in [3.05, 3.63) is 77.3 Å². The van der Waals surface area contributed by atoms with Crippen molar-refractivity contribution >= 4 is 17.3 Å². The topological polar surface area (TPSA) is 70.2 Å². The molecule has 26 heavy (non-hydrogen) atoms. The zero-order valence-electron chi connectivity index (χ0n) is 14.0. The van der Waals surface area contributed by atoms with Crippen LogP contribution in [0.25, 0.3) is 16.5 Å². The number of hydrogen-bond donors (Lipinski definition) is 0. The van der Waals surface area contributed by atoms with E-state index < -0.39 is 5.97 Å². The van der Waals surface area contributed by atoms with Gasteiger partial charge < -0.3 is 9.15 Å². The maximum Gasteiger partial charge on any atom is 0.338 e. The van der Waals surface area contributed by atoms with E-state index in [4.69, 9.17) is 9.15 Å². The van der Waals surface area contributed by atoms with Crippen molar-refractivity contribution in [2.24, 2.45) is 0 Å². The van der Waals surface area contributed by atoms with Crippen LogP contribution in [-0.4, -0.2) is 20.7 Å². The molecule has 0 aliphatic carbocycles. The number of hydrogen-bond acceptors (Lipinski definition) is 6. The molecule has 4 aromatic rings. The molecule has 0 saturated carbocycles. The fourth-order valence-corrected chi connectivity index (χ4v) is 3.14. The number of benzene rings is 1. The summed E-state index contributed by atoms with van der Waals surface area (Å²) in [5.74, 6) is 0.124. The Morgan fingerprint density at radius 3 is 2.77 bits per heavy atom. The van der Waals surface area contributed by atoms with Crippen molar-refractivity contribution in [1.82, 2.24) is 14.8 Å². The van der Waals surface area contributed by atoms with Crippen LogP contribution in [0, 0.1) is 6.92 Å². The number of carbonyl (C=O) groups is 1. The summed E-state index contributed by atoms with van der Waals surface area (Å²) in [5, 5.41) is 6.19. The van der Waals surface area contributed by atoms with Crippen LogP contribution in [0.3, 0.4) is 0 Å². The summed E-state index contributed by atoms with van der Waals surface area (Å²) in [6, 6.07) is 12.9. The molecule has 4 rings (SSSR count). The van der Waals surface area contributed by atoms with Gasteiger partial charge in [-0.2, -0.15) is 5.10 Å². The Bertz CT molecular complexity index is 1020. The summed E-state index contributed by atoms with van der Waals surface area (Å²) < 4.78 is 12.5. The molecule has 7 heteroatoms. The van der Waals surface area contributed by atoms with Gasteiger partial charge in [0.2, 0.25) is 5.89 Å². The molecule has 0 N–H and O–H groups in total. The average Bonchev–Trinajstić information content (AvgIpc) is 3.41. The first-order valence-electron chi connectivity index (χ1n) is 7.97. The number of rotatable bonds is 5. The van der Waals surface area contributed by atoms with Gasteiger partial charge in [0.15, 0.2) is 0 Å². The Morgan fingerprint density at radius 2 is 2.08 bits per heavy atom. The van der Waals surface area contributed by atoms with Crippen LogP contribution >= 0.6 is 11.3 Å². The highest BCUT2D eigenvalue weighted by Gasteiger charge is 2.12. The van der Waals surface area contributed by atoms with E-state index in [9.17, 15) is 4.79 Å². The van der Waals surface area contributed by atoms with Crippen molar-refractivity contribution in [3.63, 3.8) is 0 Å². The zero-order chi connectivity index (χ0) is 17.9. The zero-order valence-corrected chi connectivity index (χ0v) is 14.8. The molecule has 0 saturated heterocycles. The van der Waals surface area contributed by atoms with Crippen LogP contribution in [0.15, 0.2) is 64.7 Å². The fraction of sp³-hybridized carbons (Fsp3) is 0.105. The standard InChI is InChI=1S/C19H15N3O3S/c1-13-8-9-20-22(13)16-6-4-14(5-7-16)19(23)25-12-15-11-24-18(21-15)17-3-2-10-26-17/h2-11H,12H2,1H3. The number of aromatic nitrogens is 3. The second-order valence-corrected chi connectivity index (χ2v) is 6.58. The molecule has 130 valence electrons. The number of thiophene rings is 1. The Morgan fingerprint density at radius 1 is 1.23 bits per heavy atom. The monoisotopic (exact) mass is 365 g/mol. The molecule has 0 radical (unpaired) electrons. The van der Waals surface area contributed by atoms with Crippen LogP contribution in [-0.2, 0) is 11.3 Å². The Hall–Kier alpha value is -3.19. The van der Waals surface area contributed by atoms with Crippen LogP contribution in [0.2, 0.25) is 0 Å². The largest absolute Gasteiger partial charge is 0.455 e. The quantitative estimate of drug-likeness (QED) is 0.494. The van der Waals surface area contributed by atoms with E-state index in [1.807, 2.05) is 42.6 Å². The molecule has 1 aromatic carbocycles. The van der Waals surface area contributed by atoms with Gasteiger partial charge in [-0.3, -0.25) is 0 Å². The summed E-state index contributed by atoms with van der Waals surface area (Å²) in [6.45, 7) is 2.03. The van der Waals surface area contributed by atoms with Gasteiger partial charge in [0, 0.05) is 11.9 Å². The molecule has 0 aliphatic heterocycles. The summed E-state index contributed by atoms with van der Waals surface area (Å²) in [7, 11) is 0. The second kappa shape index (κ2) is 6.97. The van der Waals surface area contributed by atoms with E-state index in [0.717, 1.165) is 16.3 Å². The van der Waals surface area contributed by atoms with Crippen LogP contribution in [0.1, 0.15) is 21.7 Å². The van der Waals surface area contributed by atoms with Crippen molar-refractivity contribution in [1.29, 1.82) is 0 Å². The molecule has 0 atom stereocenters. The molecule has 0 unspecified atom stereocenters. The third kappa shape index (κ3) is 3.29. The minimum atomic E-state index is -0.408. The average molecular weight is 365 g/mol. The maximum atomic E-state index is 12.2. The molecule has 6 nitrogen and oxygen atoms in total. The van der Waals surface area contributed by atoms with Crippen molar-refractivity contribution in [2.75, 3.05) is 0 Å². The second-order valence-electron chi connectivity index (χ2n) is 5.63. The molecule has 3 aromatic heterocycles. The third-order valence-corrected chi connectivity index (χ3v) is 4.67. The highest BCUT2D eigenvalue weighted by Crippen LogP contribution is 2.24. The molecular weight excluding hydrogens is 350 g/mol. The van der Waals surface area contributed by atoms with E-state index in [1.165, 1.54) is 6.26 Å². The first-order valence-corrected chi connectivity index (χ1v) is 8.85. The van der Waals surface area contributed by atoms with E-state index in [1.54, 1.807) is 34.3 Å². The first kappa shape index (κ1) is 16.3. The van der Waals surface area contributed by atoms with Gasteiger partial charge in [0.25, 0.3) is 0 Å². The first-order chi connectivity index (χ1) is 12.7. The van der Waals surface area contributed by atoms with E-state index in [-0.39, 0.29) is 6.61 Å². The van der Waals surface area contributed by atoms with Crippen molar-refractivity contribution in [2.45, 2.75) is 13.5 Å². The number of oxazole rings is 1. The Labute approximate surface area is 153 Å². The van der Waals surface area contributed by atoms with E-state index >= 15 is 0 Å². The van der Waals surface area contributed by atoms with Gasteiger partial charge in [-0.1, -0.05) is 6.07 Å². The van der Waals surface area contributed by atoms with E-state index in [0.29, 0.717) is 17.1 Å². The van der Waals surface area contributed by atoms with Crippen LogP contribution in [0.4, 0.5) is 0 Å². The molecular formula is C19H15N3O3S. The number of esters is 1. The Balaban J connectivity index is 1.40. The molecule has 0 aliphatic rings. The van der Waals surface area contributed by atoms with Crippen LogP contribution in [0.5, 0.6) is 0 Å². The molecule has 0 bridgehead atoms. The van der Waals surface area contributed by atoms with Gasteiger partial charge in [-0.25, -0.2) is 14.5 Å². The summed E-state index contributed by atoms with van der Waals surface area (Å²) in [4.78, 5) is 17.5. The molecule has 0 spiro atoms. The lowest BCUT2D eigenvalue weighted by molar-refractivity contribution is 0.0468. The number of carbonyl (C=O) groups excluding carboxylic acids is 1. The highest BCUT2D eigenvalue weighted by atomic mass is 32.1. The van der Waals surface area contributed by atoms with Crippen molar-refractivity contribution < 1.29 is 13.9 Å². The summed E-state index contributed by atoms with van der Waals surface area (Å²) in [5.41, 5.74) is 2.96. The SMILES string of the molecule is Cc1ccnn1-c1ccc(C(=O)OCc2coc(-c3cccs3)n2)cc1. The van der Waals surface area contributed by atoms with Crippen molar-refractivity contribution in [3.8, 4) is 16.5 Å². The fourth-order valence-electron chi connectivity index (χ4n) is 2.49. The summed E-state index contributed by atoms with van der Waals surface area (Å²) in [6.07, 6.45) is 3.24. The molecule has 3 heterocycles. The lowest BCUT2D eigenvalue weighted by Crippen LogP contribution is -2.06. The maximum absolute atomic E-state index is 12.2. The lowest BCUT2D eigenvalue weighted by Gasteiger charge is -2.06. The summed E-state index contributed by atoms with van der Waals surface area (Å²) >= 11 is 1.54. The molecule has 0 amide bonds. The van der Waals surface area contributed by atoms with Gasteiger partial charge >= 0.3 is 5.97 Å². The number of ether oxygens (including phenoxy) is 1. The number of nitrogens with zero attached hydrogens (tertiary/aromatic N) is 3. The Kier molecular flexibility index (Phi) is 4.37. The van der Waals surface area contributed by atoms with Gasteiger partial charge in [-0.15, -0.1) is 11.3 Å². The van der Waals surface area contributed by atoms with Gasteiger partial charge in [-0.05, 0) is 48.7 Å². The smallest absolute Gasteiger partial charge is 0.338 e. The van der Waals surface area contributed by atoms with Crippen LogP contribution < -0.4 is 0 Å². The predicted octanol–water partition coefficient (Wildman–Crippen LogP) is 4.25. The number of aryl methyl sites for hydroxylation is 1. The normalized spacial score (nSPS) is 10.8. The minimum absolute atomic E-state index is 0.0632. The van der Waals surface area contributed by atoms with E-state index in [2.05, 4.69) is 10.1 Å². The van der Waals surface area contributed by atoms with Gasteiger partial charge in [0.05, 0.1) is 16.1 Å². The third-order valence-electron chi connectivity index (χ3n) is 3.81. The lowest BCUT2D eigenvalue weighted by atomic mass is 10.2. The van der Waals surface area contributed by atoms with Gasteiger partial charge in [0.1, 0.15) is 18.6 Å².